The highest BCUT2D eigenvalue weighted by molar-refractivity contribution is 9.10. The van der Waals surface area contributed by atoms with Gasteiger partial charge >= 0.3 is 0 Å². The third kappa shape index (κ3) is 3.69. The fraction of sp³-hybridized carbons (Fsp3) is 0.250. The van der Waals surface area contributed by atoms with Crippen molar-refractivity contribution in [2.75, 3.05) is 10.5 Å². The number of nitrogens with zero attached hydrogens (tertiary/aromatic N) is 1. The molecule has 9 heteroatoms. The van der Waals surface area contributed by atoms with Crippen LogP contribution >= 0.6 is 27.5 Å². The van der Waals surface area contributed by atoms with Crippen molar-refractivity contribution in [3.05, 3.63) is 33.4 Å². The molecule has 0 unspecified atom stereocenters. The van der Waals surface area contributed by atoms with Gasteiger partial charge in [0, 0.05) is 22.5 Å². The molecule has 1 heterocycles. The van der Waals surface area contributed by atoms with Gasteiger partial charge in [0.25, 0.3) is 10.0 Å². The Morgan fingerprint density at radius 1 is 1.43 bits per heavy atom. The second-order valence-electron chi connectivity index (χ2n) is 4.44. The number of H-pyrrole nitrogens is 1. The number of nitrogens with one attached hydrogen (secondary N) is 2. The Morgan fingerprint density at radius 2 is 2.14 bits per heavy atom. The lowest BCUT2D eigenvalue weighted by atomic mass is 10.2. The Morgan fingerprint density at radius 3 is 2.81 bits per heavy atom. The lowest BCUT2D eigenvalue weighted by Crippen LogP contribution is -2.14. The van der Waals surface area contributed by atoms with Crippen LogP contribution in [0.1, 0.15) is 19.0 Å². The van der Waals surface area contributed by atoms with Crippen LogP contribution < -0.4 is 10.5 Å². The molecule has 0 aliphatic heterocycles. The number of hydrogen-bond donors (Lipinski definition) is 3. The molecular formula is C12H14BrClN4O2S. The van der Waals surface area contributed by atoms with Crippen LogP contribution in [0.25, 0.3) is 0 Å². The smallest absolute Gasteiger partial charge is 0.264 e. The molecule has 21 heavy (non-hydrogen) atoms. The van der Waals surface area contributed by atoms with Gasteiger partial charge in [0.05, 0.1) is 4.47 Å². The third-order valence-electron chi connectivity index (χ3n) is 2.71. The Kier molecular flexibility index (Phi) is 4.80. The van der Waals surface area contributed by atoms with Gasteiger partial charge in [0.2, 0.25) is 0 Å². The normalized spacial score (nSPS) is 11.6. The first-order valence-corrected chi connectivity index (χ1v) is 8.80. The van der Waals surface area contributed by atoms with Crippen LogP contribution in [0.4, 0.5) is 11.5 Å². The van der Waals surface area contributed by atoms with E-state index >= 15 is 0 Å². The first-order chi connectivity index (χ1) is 9.83. The summed E-state index contributed by atoms with van der Waals surface area (Å²) in [6, 6.07) is 4.45. The summed E-state index contributed by atoms with van der Waals surface area (Å²) in [5.41, 5.74) is 6.82. The number of aromatic amines is 1. The average molecular weight is 394 g/mol. The Labute approximate surface area is 136 Å². The van der Waals surface area contributed by atoms with Gasteiger partial charge in [-0.25, -0.2) is 8.42 Å². The summed E-state index contributed by atoms with van der Waals surface area (Å²) in [7, 11) is -3.83. The molecule has 0 radical (unpaired) electrons. The van der Waals surface area contributed by atoms with Crippen molar-refractivity contribution >= 4 is 49.1 Å². The van der Waals surface area contributed by atoms with E-state index in [9.17, 15) is 8.42 Å². The standard InChI is InChI=1S/C12H14BrClN4O2S/c1-2-3-8-6-11(17-16-8)18-21(19,20)10-5-7(14)4-9(15)12(10)13/h4-6H,2-3,15H2,1H3,(H2,16,17,18). The molecule has 0 aliphatic carbocycles. The Hall–Kier alpha value is -1.25. The molecule has 6 nitrogen and oxygen atoms in total. The molecule has 2 aromatic rings. The highest BCUT2D eigenvalue weighted by Gasteiger charge is 2.21. The fourth-order valence-electron chi connectivity index (χ4n) is 1.78. The highest BCUT2D eigenvalue weighted by Crippen LogP contribution is 2.32. The summed E-state index contributed by atoms with van der Waals surface area (Å²) < 4.78 is 27.4. The maximum Gasteiger partial charge on any atom is 0.264 e. The van der Waals surface area contributed by atoms with Crippen LogP contribution in [0.15, 0.2) is 27.6 Å². The zero-order valence-corrected chi connectivity index (χ0v) is 14.3. The van der Waals surface area contributed by atoms with Gasteiger partial charge in [-0.1, -0.05) is 24.9 Å². The number of aryl methyl sites for hydroxylation is 1. The Balaban J connectivity index is 2.34. The van der Waals surface area contributed by atoms with Gasteiger partial charge in [0.15, 0.2) is 5.82 Å². The summed E-state index contributed by atoms with van der Waals surface area (Å²) >= 11 is 9.02. The van der Waals surface area contributed by atoms with Crippen molar-refractivity contribution < 1.29 is 8.42 Å². The molecule has 0 amide bonds. The minimum atomic E-state index is -3.83. The maximum atomic E-state index is 12.4. The Bertz CT molecular complexity index is 761. The van der Waals surface area contributed by atoms with Crippen LogP contribution in [0.5, 0.6) is 0 Å². The summed E-state index contributed by atoms with van der Waals surface area (Å²) in [5.74, 6) is 0.226. The molecule has 2 rings (SSSR count). The van der Waals surface area contributed by atoms with Crippen LogP contribution in [-0.4, -0.2) is 18.6 Å². The molecular weight excluding hydrogens is 380 g/mol. The van der Waals surface area contributed by atoms with Crippen molar-refractivity contribution in [3.63, 3.8) is 0 Å². The topological polar surface area (TPSA) is 101 Å². The first kappa shape index (κ1) is 16.1. The van der Waals surface area contributed by atoms with Gasteiger partial charge in [-0.3, -0.25) is 9.82 Å². The van der Waals surface area contributed by atoms with E-state index in [-0.39, 0.29) is 25.9 Å². The molecule has 114 valence electrons. The SMILES string of the molecule is CCCc1cc(NS(=O)(=O)c2cc(Cl)cc(N)c2Br)n[nH]1. The van der Waals surface area contributed by atoms with Gasteiger partial charge in [-0.05, 0) is 34.5 Å². The van der Waals surface area contributed by atoms with E-state index in [2.05, 4.69) is 30.8 Å². The number of hydrogen-bond acceptors (Lipinski definition) is 4. The van der Waals surface area contributed by atoms with E-state index in [0.717, 1.165) is 18.5 Å². The van der Waals surface area contributed by atoms with Crippen LogP contribution in [0.2, 0.25) is 5.02 Å². The molecule has 4 N–H and O–H groups in total. The van der Waals surface area contributed by atoms with Crippen molar-refractivity contribution in [1.29, 1.82) is 0 Å². The van der Waals surface area contributed by atoms with Crippen molar-refractivity contribution in [1.82, 2.24) is 10.2 Å². The minimum absolute atomic E-state index is 0.0347. The average Bonchev–Trinajstić information content (AvgIpc) is 2.80. The highest BCUT2D eigenvalue weighted by atomic mass is 79.9. The van der Waals surface area contributed by atoms with Gasteiger partial charge in [-0.15, -0.1) is 0 Å². The second-order valence-corrected chi connectivity index (χ2v) is 7.32. The lowest BCUT2D eigenvalue weighted by molar-refractivity contribution is 0.600. The predicted molar refractivity (Wildman–Crippen MR) is 87.0 cm³/mol. The molecule has 1 aromatic carbocycles. The summed E-state index contributed by atoms with van der Waals surface area (Å²) in [6.07, 6.45) is 1.73. The second kappa shape index (κ2) is 6.25. The zero-order valence-electron chi connectivity index (χ0n) is 11.2. The number of nitrogen functional groups attached to an aromatic ring is 1. The number of aromatic nitrogens is 2. The number of rotatable bonds is 5. The molecule has 0 aliphatic rings. The largest absolute Gasteiger partial charge is 0.398 e. The van der Waals surface area contributed by atoms with Gasteiger partial charge in [-0.2, -0.15) is 5.10 Å². The van der Waals surface area contributed by atoms with E-state index in [1.54, 1.807) is 6.07 Å². The molecule has 0 atom stereocenters. The monoisotopic (exact) mass is 392 g/mol. The number of anilines is 2. The number of sulfonamides is 1. The molecule has 0 saturated carbocycles. The van der Waals surface area contributed by atoms with E-state index in [4.69, 9.17) is 17.3 Å². The molecule has 0 bridgehead atoms. The molecule has 0 fully saturated rings. The minimum Gasteiger partial charge on any atom is -0.398 e. The number of nitrogens with two attached hydrogens (primary N) is 1. The summed E-state index contributed by atoms with van der Waals surface area (Å²) in [4.78, 5) is -0.0347. The van der Waals surface area contributed by atoms with E-state index in [1.807, 2.05) is 6.92 Å². The van der Waals surface area contributed by atoms with Crippen LogP contribution in [0.3, 0.4) is 0 Å². The molecule has 1 aromatic heterocycles. The zero-order chi connectivity index (χ0) is 15.6. The predicted octanol–water partition coefficient (Wildman–Crippen LogP) is 3.16. The van der Waals surface area contributed by atoms with Gasteiger partial charge in [0.1, 0.15) is 4.90 Å². The van der Waals surface area contributed by atoms with Gasteiger partial charge < -0.3 is 5.73 Å². The number of halogens is 2. The van der Waals surface area contributed by atoms with E-state index in [1.165, 1.54) is 12.1 Å². The van der Waals surface area contributed by atoms with E-state index in [0.29, 0.717) is 0 Å². The van der Waals surface area contributed by atoms with Crippen molar-refractivity contribution in [2.45, 2.75) is 24.7 Å². The maximum absolute atomic E-state index is 12.4. The number of benzene rings is 1. The van der Waals surface area contributed by atoms with Crippen molar-refractivity contribution in [2.24, 2.45) is 0 Å². The lowest BCUT2D eigenvalue weighted by Gasteiger charge is -2.09. The fourth-order valence-corrected chi connectivity index (χ4v) is 4.07. The molecule has 0 spiro atoms. The molecule has 0 saturated heterocycles. The summed E-state index contributed by atoms with van der Waals surface area (Å²) in [5, 5.41) is 6.94. The third-order valence-corrected chi connectivity index (χ3v) is 5.46. The first-order valence-electron chi connectivity index (χ1n) is 6.15. The van der Waals surface area contributed by atoms with E-state index < -0.39 is 10.0 Å². The van der Waals surface area contributed by atoms with Crippen LogP contribution in [0, 0.1) is 0 Å². The van der Waals surface area contributed by atoms with Crippen molar-refractivity contribution in [3.8, 4) is 0 Å². The quantitative estimate of drug-likeness (QED) is 0.679. The van der Waals surface area contributed by atoms with Crippen LogP contribution in [-0.2, 0) is 16.4 Å². The summed E-state index contributed by atoms with van der Waals surface area (Å²) in [6.45, 7) is 2.02.